The Morgan fingerprint density at radius 3 is 2.73 bits per heavy atom. The van der Waals surface area contributed by atoms with Crippen LogP contribution in [0.1, 0.15) is 33.1 Å². The van der Waals surface area contributed by atoms with E-state index in [1.54, 1.807) is 0 Å². The molecule has 0 heterocycles. The molecule has 0 aromatic carbocycles. The molecule has 0 aliphatic heterocycles. The second kappa shape index (κ2) is 3.74. The highest BCUT2D eigenvalue weighted by Gasteiger charge is 2.25. The van der Waals surface area contributed by atoms with E-state index in [9.17, 15) is 4.79 Å². The molecule has 1 aliphatic carbocycles. The van der Waals surface area contributed by atoms with Crippen LogP contribution in [0.15, 0.2) is 0 Å². The van der Waals surface area contributed by atoms with E-state index in [1.807, 2.05) is 0 Å². The van der Waals surface area contributed by atoms with Crippen LogP contribution in [0.4, 0.5) is 0 Å². The van der Waals surface area contributed by atoms with Crippen molar-refractivity contribution >= 4 is 6.41 Å². The predicted molar refractivity (Wildman–Crippen MR) is 45.2 cm³/mol. The van der Waals surface area contributed by atoms with Gasteiger partial charge < -0.3 is 5.32 Å². The van der Waals surface area contributed by atoms with E-state index in [-0.39, 0.29) is 0 Å². The lowest BCUT2D eigenvalue weighted by Gasteiger charge is -2.33. The van der Waals surface area contributed by atoms with E-state index in [0.717, 1.165) is 18.7 Å². The van der Waals surface area contributed by atoms with Gasteiger partial charge in [0.15, 0.2) is 0 Å². The molecule has 0 bridgehead atoms. The van der Waals surface area contributed by atoms with E-state index in [2.05, 4.69) is 19.2 Å². The molecular weight excluding hydrogens is 138 g/mol. The fraction of sp³-hybridized carbons (Fsp3) is 0.889. The minimum absolute atomic E-state index is 0.427. The Bertz CT molecular complexity index is 136. The topological polar surface area (TPSA) is 29.1 Å². The van der Waals surface area contributed by atoms with Gasteiger partial charge in [0.25, 0.3) is 0 Å². The summed E-state index contributed by atoms with van der Waals surface area (Å²) in [6.07, 6.45) is 4.57. The minimum atomic E-state index is 0.427. The lowest BCUT2D eigenvalue weighted by molar-refractivity contribution is -0.110. The first-order valence-electron chi connectivity index (χ1n) is 4.45. The summed E-state index contributed by atoms with van der Waals surface area (Å²) in [6.45, 7) is 4.49. The maximum absolute atomic E-state index is 10.2. The van der Waals surface area contributed by atoms with Gasteiger partial charge in [0.2, 0.25) is 6.41 Å². The second-order valence-corrected chi connectivity index (χ2v) is 3.66. The minimum Gasteiger partial charge on any atom is -0.356 e. The molecule has 1 saturated carbocycles. The lowest BCUT2D eigenvalue weighted by atomic mass is 9.78. The molecule has 2 heteroatoms. The maximum Gasteiger partial charge on any atom is 0.207 e. The molecule has 1 N–H and O–H groups in total. The van der Waals surface area contributed by atoms with Crippen molar-refractivity contribution in [3.05, 3.63) is 0 Å². The third kappa shape index (κ3) is 1.95. The summed E-state index contributed by atoms with van der Waals surface area (Å²) in [6, 6.07) is 0.427. The zero-order valence-electron chi connectivity index (χ0n) is 7.34. The molecule has 1 aliphatic rings. The molecule has 64 valence electrons. The summed E-state index contributed by atoms with van der Waals surface area (Å²) in [7, 11) is 0. The predicted octanol–water partition coefficient (Wildman–Crippen LogP) is 1.56. The molecule has 1 rings (SSSR count). The Kier molecular flexibility index (Phi) is 2.92. The van der Waals surface area contributed by atoms with Gasteiger partial charge in [-0.25, -0.2) is 0 Å². The number of carbonyl (C=O) groups excluding carboxylic acids is 1. The van der Waals surface area contributed by atoms with E-state index in [1.165, 1.54) is 12.8 Å². The number of rotatable bonds is 2. The average molecular weight is 155 g/mol. The third-order valence-electron chi connectivity index (χ3n) is 2.99. The zero-order chi connectivity index (χ0) is 8.27. The lowest BCUT2D eigenvalue weighted by Crippen LogP contribution is -2.39. The SMILES string of the molecule is C[C@H]1[C@H](C)CCC[C@H]1NC=O. The standard InChI is InChI=1S/C9H17NO/c1-7-4-3-5-9(8(7)2)10-6-11/h6-9H,3-5H2,1-2H3,(H,10,11)/t7-,8+,9-/m1/s1. The average Bonchev–Trinajstić information content (AvgIpc) is 1.99. The Morgan fingerprint density at radius 2 is 2.09 bits per heavy atom. The number of hydrogen-bond acceptors (Lipinski definition) is 1. The quantitative estimate of drug-likeness (QED) is 0.602. The normalized spacial score (nSPS) is 38.2. The highest BCUT2D eigenvalue weighted by atomic mass is 16.1. The van der Waals surface area contributed by atoms with Crippen molar-refractivity contribution in [2.24, 2.45) is 11.8 Å². The van der Waals surface area contributed by atoms with Crippen molar-refractivity contribution in [2.45, 2.75) is 39.2 Å². The van der Waals surface area contributed by atoms with Crippen LogP contribution in [-0.2, 0) is 4.79 Å². The molecule has 0 spiro atoms. The smallest absolute Gasteiger partial charge is 0.207 e. The van der Waals surface area contributed by atoms with Crippen LogP contribution in [0.5, 0.6) is 0 Å². The van der Waals surface area contributed by atoms with Crippen molar-refractivity contribution in [1.82, 2.24) is 5.32 Å². The van der Waals surface area contributed by atoms with Gasteiger partial charge in [0.05, 0.1) is 0 Å². The molecule has 0 unspecified atom stereocenters. The van der Waals surface area contributed by atoms with Crippen LogP contribution in [0.3, 0.4) is 0 Å². The van der Waals surface area contributed by atoms with Gasteiger partial charge in [0.1, 0.15) is 0 Å². The van der Waals surface area contributed by atoms with E-state index >= 15 is 0 Å². The van der Waals surface area contributed by atoms with Crippen LogP contribution in [0.2, 0.25) is 0 Å². The van der Waals surface area contributed by atoms with Crippen LogP contribution >= 0.6 is 0 Å². The van der Waals surface area contributed by atoms with Crippen molar-refractivity contribution in [2.75, 3.05) is 0 Å². The molecular formula is C9H17NO. The van der Waals surface area contributed by atoms with Crippen molar-refractivity contribution < 1.29 is 4.79 Å². The van der Waals surface area contributed by atoms with Gasteiger partial charge in [-0.3, -0.25) is 4.79 Å². The molecule has 1 amide bonds. The van der Waals surface area contributed by atoms with Gasteiger partial charge in [-0.2, -0.15) is 0 Å². The number of carbonyl (C=O) groups is 1. The number of hydrogen-bond donors (Lipinski definition) is 1. The highest BCUT2D eigenvalue weighted by Crippen LogP contribution is 2.28. The van der Waals surface area contributed by atoms with Crippen molar-refractivity contribution in [1.29, 1.82) is 0 Å². The monoisotopic (exact) mass is 155 g/mol. The van der Waals surface area contributed by atoms with Gasteiger partial charge in [-0.1, -0.05) is 26.7 Å². The van der Waals surface area contributed by atoms with Crippen molar-refractivity contribution in [3.8, 4) is 0 Å². The molecule has 0 saturated heterocycles. The number of amides is 1. The van der Waals surface area contributed by atoms with E-state index in [4.69, 9.17) is 0 Å². The van der Waals surface area contributed by atoms with Crippen LogP contribution in [0.25, 0.3) is 0 Å². The fourth-order valence-corrected chi connectivity index (χ4v) is 1.90. The molecule has 0 aromatic heterocycles. The Hall–Kier alpha value is -0.530. The fourth-order valence-electron chi connectivity index (χ4n) is 1.90. The first-order chi connectivity index (χ1) is 5.25. The Balaban J connectivity index is 2.43. The molecule has 3 atom stereocenters. The maximum atomic E-state index is 10.2. The summed E-state index contributed by atoms with van der Waals surface area (Å²) in [4.78, 5) is 10.2. The van der Waals surface area contributed by atoms with Crippen LogP contribution in [0, 0.1) is 11.8 Å². The van der Waals surface area contributed by atoms with E-state index < -0.39 is 0 Å². The van der Waals surface area contributed by atoms with Crippen molar-refractivity contribution in [3.63, 3.8) is 0 Å². The zero-order valence-corrected chi connectivity index (χ0v) is 7.34. The molecule has 11 heavy (non-hydrogen) atoms. The van der Waals surface area contributed by atoms with Gasteiger partial charge in [-0.15, -0.1) is 0 Å². The second-order valence-electron chi connectivity index (χ2n) is 3.66. The Morgan fingerprint density at radius 1 is 1.36 bits per heavy atom. The number of nitrogens with one attached hydrogen (secondary N) is 1. The first-order valence-corrected chi connectivity index (χ1v) is 4.45. The molecule has 0 aromatic rings. The van der Waals surface area contributed by atoms with E-state index in [0.29, 0.717) is 12.0 Å². The molecule has 0 radical (unpaired) electrons. The van der Waals surface area contributed by atoms with Gasteiger partial charge in [-0.05, 0) is 18.3 Å². The third-order valence-corrected chi connectivity index (χ3v) is 2.99. The highest BCUT2D eigenvalue weighted by molar-refractivity contribution is 5.46. The molecule has 2 nitrogen and oxygen atoms in total. The summed E-state index contributed by atoms with van der Waals surface area (Å²) in [5, 5.41) is 2.88. The summed E-state index contributed by atoms with van der Waals surface area (Å²) in [5.41, 5.74) is 0. The van der Waals surface area contributed by atoms with Gasteiger partial charge >= 0.3 is 0 Å². The van der Waals surface area contributed by atoms with Gasteiger partial charge in [0, 0.05) is 6.04 Å². The van der Waals surface area contributed by atoms with Crippen LogP contribution < -0.4 is 5.32 Å². The summed E-state index contributed by atoms with van der Waals surface area (Å²) >= 11 is 0. The summed E-state index contributed by atoms with van der Waals surface area (Å²) in [5.74, 6) is 1.41. The summed E-state index contributed by atoms with van der Waals surface area (Å²) < 4.78 is 0. The Labute approximate surface area is 68.4 Å². The van der Waals surface area contributed by atoms with Crippen LogP contribution in [-0.4, -0.2) is 12.5 Å². The largest absolute Gasteiger partial charge is 0.356 e. The molecule has 1 fully saturated rings. The first kappa shape index (κ1) is 8.57.